The van der Waals surface area contributed by atoms with Crippen LogP contribution >= 0.6 is 11.3 Å². The van der Waals surface area contributed by atoms with E-state index in [2.05, 4.69) is 41.0 Å². The molecule has 10 heteroatoms. The molecule has 9 nitrogen and oxygen atoms in total. The number of imidazole rings is 1. The largest absolute Gasteiger partial charge is 0.465 e. The summed E-state index contributed by atoms with van der Waals surface area (Å²) in [6, 6.07) is 15.5. The predicted molar refractivity (Wildman–Crippen MR) is 151 cm³/mol. The first-order chi connectivity index (χ1) is 18.0. The molecule has 200 valence electrons. The van der Waals surface area contributed by atoms with Gasteiger partial charge >= 0.3 is 6.09 Å². The minimum absolute atomic E-state index is 0.126. The van der Waals surface area contributed by atoms with Gasteiger partial charge in [0.1, 0.15) is 11.5 Å². The van der Waals surface area contributed by atoms with E-state index >= 15 is 0 Å². The number of benzene rings is 2. The average Bonchev–Trinajstić information content (AvgIpc) is 3.51. The molecular weight excluding hydrogens is 500 g/mol. The lowest BCUT2D eigenvalue weighted by Gasteiger charge is -2.32. The quantitative estimate of drug-likeness (QED) is 0.268. The fourth-order valence-electron chi connectivity index (χ4n) is 4.33. The highest BCUT2D eigenvalue weighted by Crippen LogP contribution is 2.37. The maximum Gasteiger partial charge on any atom is 0.407 e. The zero-order valence-electron chi connectivity index (χ0n) is 22.4. The molecule has 2 aromatic carbocycles. The molecule has 0 saturated carbocycles. The Morgan fingerprint density at radius 3 is 2.47 bits per heavy atom. The van der Waals surface area contributed by atoms with Crippen molar-refractivity contribution < 1.29 is 14.7 Å². The van der Waals surface area contributed by atoms with Crippen LogP contribution in [0.4, 0.5) is 10.5 Å². The van der Waals surface area contributed by atoms with Gasteiger partial charge in [-0.15, -0.1) is 11.3 Å². The van der Waals surface area contributed by atoms with Crippen molar-refractivity contribution in [2.24, 2.45) is 5.41 Å². The van der Waals surface area contributed by atoms with Crippen molar-refractivity contribution in [3.8, 4) is 0 Å². The summed E-state index contributed by atoms with van der Waals surface area (Å²) in [5.74, 6) is 0.105. The third kappa shape index (κ3) is 6.31. The zero-order chi connectivity index (χ0) is 27.4. The first-order valence-electron chi connectivity index (χ1n) is 12.4. The van der Waals surface area contributed by atoms with Crippen LogP contribution < -0.4 is 10.2 Å². The lowest BCUT2D eigenvalue weighted by atomic mass is 9.80. The van der Waals surface area contributed by atoms with E-state index in [1.165, 1.54) is 16.2 Å². The molecule has 1 atom stereocenters. The maximum atomic E-state index is 12.9. The molecule has 2 aromatic heterocycles. The van der Waals surface area contributed by atoms with Gasteiger partial charge < -0.3 is 25.2 Å². The van der Waals surface area contributed by atoms with Gasteiger partial charge in [-0.05, 0) is 29.2 Å². The molecule has 0 aliphatic heterocycles. The van der Waals surface area contributed by atoms with Gasteiger partial charge in [0.15, 0.2) is 0 Å². The number of aromatic nitrogens is 3. The van der Waals surface area contributed by atoms with Gasteiger partial charge in [0.05, 0.1) is 22.6 Å². The van der Waals surface area contributed by atoms with Crippen LogP contribution in [0.15, 0.2) is 53.9 Å². The fourth-order valence-corrected chi connectivity index (χ4v) is 5.46. The Kier molecular flexibility index (Phi) is 8.01. The van der Waals surface area contributed by atoms with E-state index in [4.69, 9.17) is 0 Å². The second-order valence-corrected chi connectivity index (χ2v) is 11.4. The molecule has 4 aromatic rings. The van der Waals surface area contributed by atoms with E-state index in [-0.39, 0.29) is 30.3 Å². The topological polar surface area (TPSA) is 114 Å². The number of carbonyl (C=O) groups is 2. The summed E-state index contributed by atoms with van der Waals surface area (Å²) in [6.45, 7) is 6.89. The summed E-state index contributed by atoms with van der Waals surface area (Å²) in [4.78, 5) is 40.9. The number of thiazole rings is 1. The number of fused-ring (bicyclic) bond motifs is 1. The molecule has 4 rings (SSSR count). The highest BCUT2D eigenvalue weighted by atomic mass is 32.1. The lowest BCUT2D eigenvalue weighted by molar-refractivity contribution is 0.0945. The summed E-state index contributed by atoms with van der Waals surface area (Å²) < 4.78 is 0. The summed E-state index contributed by atoms with van der Waals surface area (Å²) in [7, 11) is 3.93. The fraction of sp³-hybridized carbons (Fsp3) is 0.357. The van der Waals surface area contributed by atoms with Gasteiger partial charge in [0, 0.05) is 44.2 Å². The number of anilines is 1. The molecule has 2 heterocycles. The number of para-hydroxylation sites is 3. The summed E-state index contributed by atoms with van der Waals surface area (Å²) in [6.07, 6.45) is -1.03. The number of rotatable bonds is 9. The van der Waals surface area contributed by atoms with E-state index in [0.717, 1.165) is 27.3 Å². The van der Waals surface area contributed by atoms with Crippen molar-refractivity contribution >= 4 is 40.1 Å². The van der Waals surface area contributed by atoms with Gasteiger partial charge in [-0.3, -0.25) is 4.79 Å². The molecule has 3 N–H and O–H groups in total. The van der Waals surface area contributed by atoms with Gasteiger partial charge in [-0.2, -0.15) is 0 Å². The van der Waals surface area contributed by atoms with Crippen LogP contribution in [0.1, 0.15) is 53.6 Å². The molecule has 0 aliphatic rings. The Morgan fingerprint density at radius 2 is 1.79 bits per heavy atom. The van der Waals surface area contributed by atoms with Crippen LogP contribution in [0.5, 0.6) is 0 Å². The van der Waals surface area contributed by atoms with E-state index in [1.807, 2.05) is 67.5 Å². The number of hydrogen-bond acceptors (Lipinski definition) is 6. The molecule has 2 amide bonds. The number of hydrogen-bond donors (Lipinski definition) is 3. The lowest BCUT2D eigenvalue weighted by Crippen LogP contribution is -2.37. The van der Waals surface area contributed by atoms with Crippen LogP contribution in [-0.2, 0) is 13.1 Å². The minimum Gasteiger partial charge on any atom is -0.465 e. The van der Waals surface area contributed by atoms with E-state index in [0.29, 0.717) is 18.1 Å². The zero-order valence-corrected chi connectivity index (χ0v) is 23.2. The van der Waals surface area contributed by atoms with Crippen LogP contribution in [0, 0.1) is 5.41 Å². The summed E-state index contributed by atoms with van der Waals surface area (Å²) in [5, 5.41) is 15.4. The monoisotopic (exact) mass is 534 g/mol. The SMILES string of the molecule is CN(C)c1ccccc1CNC(=O)c1csc(C(CN(Cc2nc3ccccc3[nH]2)C(=O)O)C(C)(C)C)n1. The molecule has 0 aliphatic carbocycles. The van der Waals surface area contributed by atoms with Crippen LogP contribution in [0.3, 0.4) is 0 Å². The van der Waals surface area contributed by atoms with Gasteiger partial charge in [-0.25, -0.2) is 14.8 Å². The number of carbonyl (C=O) groups excluding carboxylic acids is 1. The molecule has 1 unspecified atom stereocenters. The van der Waals surface area contributed by atoms with Crippen molar-refractivity contribution in [3.63, 3.8) is 0 Å². The molecule has 0 radical (unpaired) electrons. The van der Waals surface area contributed by atoms with E-state index < -0.39 is 6.09 Å². The number of nitrogens with one attached hydrogen (secondary N) is 2. The Morgan fingerprint density at radius 1 is 1.08 bits per heavy atom. The second-order valence-electron chi connectivity index (χ2n) is 10.6. The van der Waals surface area contributed by atoms with Crippen molar-refractivity contribution in [2.45, 2.75) is 39.8 Å². The molecule has 38 heavy (non-hydrogen) atoms. The Labute approximate surface area is 226 Å². The normalized spacial score (nSPS) is 12.3. The van der Waals surface area contributed by atoms with Gasteiger partial charge in [0.2, 0.25) is 0 Å². The number of carboxylic acid groups (broad SMARTS) is 1. The highest BCUT2D eigenvalue weighted by Gasteiger charge is 2.33. The standard InChI is InChI=1S/C28H34N6O3S/c1-28(2,3)19(15-34(27(36)37)16-24-30-20-11-7-8-12-21(20)31-24)26-32-22(17-38-26)25(35)29-14-18-10-6-9-13-23(18)33(4)5/h6-13,17,19H,14-16H2,1-5H3,(H,29,35)(H,30,31)(H,36,37). The smallest absolute Gasteiger partial charge is 0.407 e. The molecule has 0 bridgehead atoms. The Balaban J connectivity index is 1.49. The third-order valence-corrected chi connectivity index (χ3v) is 7.42. The van der Waals surface area contributed by atoms with Crippen molar-refractivity contribution in [2.75, 3.05) is 25.5 Å². The van der Waals surface area contributed by atoms with Crippen molar-refractivity contribution in [1.82, 2.24) is 25.2 Å². The maximum absolute atomic E-state index is 12.9. The van der Waals surface area contributed by atoms with Crippen molar-refractivity contribution in [1.29, 1.82) is 0 Å². The van der Waals surface area contributed by atoms with Gasteiger partial charge in [0.25, 0.3) is 5.91 Å². The first-order valence-corrected chi connectivity index (χ1v) is 13.3. The molecule has 0 spiro atoms. The van der Waals surface area contributed by atoms with Crippen LogP contribution in [0.2, 0.25) is 0 Å². The first kappa shape index (κ1) is 27.1. The minimum atomic E-state index is -1.03. The van der Waals surface area contributed by atoms with Crippen LogP contribution in [-0.4, -0.2) is 57.6 Å². The van der Waals surface area contributed by atoms with E-state index in [9.17, 15) is 14.7 Å². The van der Waals surface area contributed by atoms with Crippen LogP contribution in [0.25, 0.3) is 11.0 Å². The number of aromatic amines is 1. The number of nitrogens with zero attached hydrogens (tertiary/aromatic N) is 4. The van der Waals surface area contributed by atoms with Crippen molar-refractivity contribution in [3.05, 3.63) is 76.0 Å². The summed E-state index contributed by atoms with van der Waals surface area (Å²) >= 11 is 1.38. The second kappa shape index (κ2) is 11.2. The van der Waals surface area contributed by atoms with E-state index in [1.54, 1.807) is 5.38 Å². The van der Waals surface area contributed by atoms with Gasteiger partial charge in [-0.1, -0.05) is 51.1 Å². The Bertz CT molecular complexity index is 1390. The average molecular weight is 535 g/mol. The summed E-state index contributed by atoms with van der Waals surface area (Å²) in [5.41, 5.74) is 3.75. The molecule has 0 fully saturated rings. The predicted octanol–water partition coefficient (Wildman–Crippen LogP) is 5.33. The molecular formula is C28H34N6O3S. The highest BCUT2D eigenvalue weighted by molar-refractivity contribution is 7.10. The Hall–Kier alpha value is -3.92. The molecule has 0 saturated heterocycles. The third-order valence-electron chi connectivity index (χ3n) is 6.46. The number of H-pyrrole nitrogens is 1. The number of amides is 2.